The van der Waals surface area contributed by atoms with Crippen LogP contribution in [-0.2, 0) is 23.0 Å². The third-order valence-corrected chi connectivity index (χ3v) is 4.62. The maximum absolute atomic E-state index is 11.5. The second kappa shape index (κ2) is 5.17. The fraction of sp³-hybridized carbons (Fsp3) is 0.200. The molecule has 1 aliphatic rings. The van der Waals surface area contributed by atoms with E-state index in [2.05, 4.69) is 22.2 Å². The minimum atomic E-state index is -3.13. The van der Waals surface area contributed by atoms with Crippen LogP contribution in [0.3, 0.4) is 0 Å². The number of rotatable bonds is 3. The van der Waals surface area contributed by atoms with Crippen LogP contribution in [0.25, 0.3) is 0 Å². The van der Waals surface area contributed by atoms with Crippen LogP contribution in [-0.4, -0.2) is 14.2 Å². The summed E-state index contributed by atoms with van der Waals surface area (Å²) in [5, 5.41) is 3.35. The Hall–Kier alpha value is -2.01. The van der Waals surface area contributed by atoms with Gasteiger partial charge >= 0.3 is 0 Å². The topological polar surface area (TPSA) is 58.2 Å². The standard InChI is InChI=1S/C15H16N2O2S/c18-20(19)9-8-13-10-14(6-7-15(13)17-20)16-11-12-4-2-1-3-5-12/h1-7,10,16-17H,8-9,11H2. The smallest absolute Gasteiger partial charge is 0.233 e. The first-order valence-corrected chi connectivity index (χ1v) is 8.19. The maximum Gasteiger partial charge on any atom is 0.233 e. The van der Waals surface area contributed by atoms with Crippen LogP contribution < -0.4 is 10.0 Å². The van der Waals surface area contributed by atoms with E-state index < -0.39 is 10.0 Å². The van der Waals surface area contributed by atoms with Crippen molar-refractivity contribution in [1.29, 1.82) is 0 Å². The number of hydrogen-bond donors (Lipinski definition) is 2. The van der Waals surface area contributed by atoms with E-state index in [-0.39, 0.29) is 5.75 Å². The Morgan fingerprint density at radius 1 is 1.10 bits per heavy atom. The predicted octanol–water partition coefficient (Wildman–Crippen LogP) is 2.60. The summed E-state index contributed by atoms with van der Waals surface area (Å²) < 4.78 is 25.5. The summed E-state index contributed by atoms with van der Waals surface area (Å²) in [6, 6.07) is 15.9. The molecule has 0 spiro atoms. The van der Waals surface area contributed by atoms with Crippen molar-refractivity contribution in [3.05, 3.63) is 59.7 Å². The molecule has 0 radical (unpaired) electrons. The highest BCUT2D eigenvalue weighted by atomic mass is 32.2. The van der Waals surface area contributed by atoms with Gasteiger partial charge in [-0.2, -0.15) is 0 Å². The van der Waals surface area contributed by atoms with Crippen molar-refractivity contribution in [2.24, 2.45) is 0 Å². The molecule has 0 bridgehead atoms. The van der Waals surface area contributed by atoms with Gasteiger partial charge in [0.1, 0.15) is 0 Å². The quantitative estimate of drug-likeness (QED) is 0.912. The van der Waals surface area contributed by atoms with Gasteiger partial charge in [0.15, 0.2) is 0 Å². The molecule has 0 fully saturated rings. The van der Waals surface area contributed by atoms with Crippen molar-refractivity contribution in [2.75, 3.05) is 15.8 Å². The van der Waals surface area contributed by atoms with Gasteiger partial charge in [-0.15, -0.1) is 0 Å². The molecule has 20 heavy (non-hydrogen) atoms. The highest BCUT2D eigenvalue weighted by molar-refractivity contribution is 7.92. The second-order valence-corrected chi connectivity index (χ2v) is 6.72. The summed E-state index contributed by atoms with van der Waals surface area (Å²) in [6.45, 7) is 0.755. The molecule has 3 rings (SSSR count). The van der Waals surface area contributed by atoms with Crippen LogP contribution in [0.4, 0.5) is 11.4 Å². The predicted molar refractivity (Wildman–Crippen MR) is 81.3 cm³/mol. The Labute approximate surface area is 118 Å². The van der Waals surface area contributed by atoms with Crippen molar-refractivity contribution in [1.82, 2.24) is 0 Å². The Balaban J connectivity index is 1.73. The number of benzene rings is 2. The van der Waals surface area contributed by atoms with E-state index in [1.54, 1.807) is 0 Å². The molecular formula is C15H16N2O2S. The van der Waals surface area contributed by atoms with Crippen molar-refractivity contribution in [3.8, 4) is 0 Å². The van der Waals surface area contributed by atoms with Crippen molar-refractivity contribution in [2.45, 2.75) is 13.0 Å². The lowest BCUT2D eigenvalue weighted by molar-refractivity contribution is 0.599. The molecule has 0 saturated heterocycles. The molecule has 0 aromatic heterocycles. The van der Waals surface area contributed by atoms with Crippen molar-refractivity contribution in [3.63, 3.8) is 0 Å². The van der Waals surface area contributed by atoms with E-state index in [1.165, 1.54) is 5.56 Å². The third-order valence-electron chi connectivity index (χ3n) is 3.35. The average molecular weight is 288 g/mol. The maximum atomic E-state index is 11.5. The molecule has 2 aromatic rings. The van der Waals surface area contributed by atoms with Crippen LogP contribution in [0, 0.1) is 0 Å². The van der Waals surface area contributed by atoms with E-state index in [1.807, 2.05) is 36.4 Å². The van der Waals surface area contributed by atoms with Gasteiger partial charge < -0.3 is 5.32 Å². The summed E-state index contributed by atoms with van der Waals surface area (Å²) in [5.74, 6) is 0.155. The lowest BCUT2D eigenvalue weighted by Gasteiger charge is -2.19. The zero-order valence-corrected chi connectivity index (χ0v) is 11.8. The fourth-order valence-corrected chi connectivity index (χ4v) is 3.40. The van der Waals surface area contributed by atoms with Crippen molar-refractivity contribution >= 4 is 21.4 Å². The summed E-state index contributed by atoms with van der Waals surface area (Å²) in [5.41, 5.74) is 3.96. The molecule has 1 heterocycles. The lowest BCUT2D eigenvalue weighted by atomic mass is 10.1. The second-order valence-electron chi connectivity index (χ2n) is 4.88. The van der Waals surface area contributed by atoms with E-state index in [9.17, 15) is 8.42 Å². The summed E-state index contributed by atoms with van der Waals surface area (Å²) >= 11 is 0. The van der Waals surface area contributed by atoms with E-state index in [0.29, 0.717) is 12.1 Å². The molecule has 4 nitrogen and oxygen atoms in total. The Morgan fingerprint density at radius 2 is 1.90 bits per heavy atom. The average Bonchev–Trinajstić information content (AvgIpc) is 2.45. The number of sulfonamides is 1. The summed E-state index contributed by atoms with van der Waals surface area (Å²) in [6.07, 6.45) is 0.561. The highest BCUT2D eigenvalue weighted by Gasteiger charge is 2.19. The van der Waals surface area contributed by atoms with Gasteiger partial charge in [0.05, 0.1) is 11.4 Å². The third kappa shape index (κ3) is 2.93. The van der Waals surface area contributed by atoms with Crippen molar-refractivity contribution < 1.29 is 8.42 Å². The summed E-state index contributed by atoms with van der Waals surface area (Å²) in [7, 11) is -3.13. The highest BCUT2D eigenvalue weighted by Crippen LogP contribution is 2.26. The van der Waals surface area contributed by atoms with Gasteiger partial charge in [-0.1, -0.05) is 30.3 Å². The number of fused-ring (bicyclic) bond motifs is 1. The Kier molecular flexibility index (Phi) is 3.36. The van der Waals surface area contributed by atoms with Gasteiger partial charge in [0, 0.05) is 12.2 Å². The van der Waals surface area contributed by atoms with Gasteiger partial charge in [-0.05, 0) is 35.7 Å². The molecule has 0 aliphatic carbocycles. The van der Waals surface area contributed by atoms with E-state index in [4.69, 9.17) is 0 Å². The first-order chi connectivity index (χ1) is 9.62. The Morgan fingerprint density at radius 3 is 2.70 bits per heavy atom. The SMILES string of the molecule is O=S1(=O)CCc2cc(NCc3ccccc3)ccc2N1. The van der Waals surface area contributed by atoms with Gasteiger partial charge in [0.25, 0.3) is 0 Å². The molecule has 104 valence electrons. The number of hydrogen-bond acceptors (Lipinski definition) is 3. The Bertz CT molecular complexity index is 712. The van der Waals surface area contributed by atoms with Gasteiger partial charge in [-0.3, -0.25) is 4.72 Å². The normalized spacial score (nSPS) is 16.0. The first kappa shape index (κ1) is 13.0. The van der Waals surface area contributed by atoms with Crippen LogP contribution in [0.1, 0.15) is 11.1 Å². The molecule has 0 atom stereocenters. The minimum Gasteiger partial charge on any atom is -0.381 e. The minimum absolute atomic E-state index is 0.155. The molecule has 1 aliphatic heterocycles. The van der Waals surface area contributed by atoms with Crippen LogP contribution in [0.5, 0.6) is 0 Å². The zero-order valence-electron chi connectivity index (χ0n) is 11.0. The lowest BCUT2D eigenvalue weighted by Crippen LogP contribution is -2.24. The summed E-state index contributed by atoms with van der Waals surface area (Å²) in [4.78, 5) is 0. The largest absolute Gasteiger partial charge is 0.381 e. The molecule has 2 N–H and O–H groups in total. The molecular weight excluding hydrogens is 272 g/mol. The van der Waals surface area contributed by atoms with Crippen LogP contribution in [0.2, 0.25) is 0 Å². The first-order valence-electron chi connectivity index (χ1n) is 6.54. The van der Waals surface area contributed by atoms with Crippen LogP contribution >= 0.6 is 0 Å². The van der Waals surface area contributed by atoms with E-state index in [0.717, 1.165) is 17.8 Å². The van der Waals surface area contributed by atoms with E-state index >= 15 is 0 Å². The molecule has 0 amide bonds. The number of nitrogens with one attached hydrogen (secondary N) is 2. The molecule has 2 aromatic carbocycles. The van der Waals surface area contributed by atoms with Gasteiger partial charge in [0.2, 0.25) is 10.0 Å². The monoisotopic (exact) mass is 288 g/mol. The zero-order chi connectivity index (χ0) is 14.0. The molecule has 5 heteroatoms. The van der Waals surface area contributed by atoms with Gasteiger partial charge in [-0.25, -0.2) is 8.42 Å². The fourth-order valence-electron chi connectivity index (χ4n) is 2.27. The number of anilines is 2. The molecule has 0 saturated carbocycles. The number of aryl methyl sites for hydroxylation is 1. The molecule has 0 unspecified atom stereocenters. The van der Waals surface area contributed by atoms with Crippen LogP contribution in [0.15, 0.2) is 48.5 Å².